The van der Waals surface area contributed by atoms with Crippen molar-refractivity contribution in [1.82, 2.24) is 0 Å². The molecule has 0 N–H and O–H groups in total. The van der Waals surface area contributed by atoms with Crippen molar-refractivity contribution in [3.8, 4) is 0 Å². The predicted octanol–water partition coefficient (Wildman–Crippen LogP) is 11.2. The van der Waals surface area contributed by atoms with E-state index in [1.165, 1.54) is 154 Å². The van der Waals surface area contributed by atoms with Gasteiger partial charge in [-0.1, -0.05) is 162 Å². The Morgan fingerprint density at radius 1 is 0.333 bits per heavy atom. The summed E-state index contributed by atoms with van der Waals surface area (Å²) in [5, 5.41) is 0. The first-order valence-corrected chi connectivity index (χ1v) is 15.6. The van der Waals surface area contributed by atoms with Crippen molar-refractivity contribution >= 4 is 0 Å². The van der Waals surface area contributed by atoms with Gasteiger partial charge >= 0.3 is 0 Å². The van der Waals surface area contributed by atoms with Crippen LogP contribution in [0, 0.1) is 0 Å². The largest absolute Gasteiger partial charge is 0.353 e. The highest BCUT2D eigenvalue weighted by atomic mass is 16.7. The smallest absolute Gasteiger partial charge is 0.157 e. The van der Waals surface area contributed by atoms with E-state index in [0.29, 0.717) is 0 Å². The van der Waals surface area contributed by atoms with Gasteiger partial charge < -0.3 is 9.47 Å². The normalized spacial score (nSPS) is 11.6. The van der Waals surface area contributed by atoms with Crippen molar-refractivity contribution in [1.29, 1.82) is 0 Å². The van der Waals surface area contributed by atoms with Crippen molar-refractivity contribution in [3.63, 3.8) is 0 Å². The molecule has 0 aromatic rings. The lowest BCUT2D eigenvalue weighted by Gasteiger charge is -2.17. The third-order valence-electron chi connectivity index (χ3n) is 6.94. The highest BCUT2D eigenvalue weighted by molar-refractivity contribution is 4.51. The second kappa shape index (κ2) is 30.0. The summed E-state index contributed by atoms with van der Waals surface area (Å²) in [5.41, 5.74) is 0. The second-order valence-corrected chi connectivity index (χ2v) is 10.4. The molecule has 0 saturated heterocycles. The molecule has 0 fully saturated rings. The van der Waals surface area contributed by atoms with Crippen LogP contribution in [0.4, 0.5) is 0 Å². The van der Waals surface area contributed by atoms with Crippen LogP contribution >= 0.6 is 0 Å². The van der Waals surface area contributed by atoms with E-state index in [2.05, 4.69) is 20.8 Å². The van der Waals surface area contributed by atoms with Crippen LogP contribution in [0.3, 0.4) is 0 Å². The van der Waals surface area contributed by atoms with Crippen LogP contribution in [0.2, 0.25) is 0 Å². The molecule has 0 saturated carbocycles. The molecule has 0 aromatic carbocycles. The summed E-state index contributed by atoms with van der Waals surface area (Å²) in [6.45, 7) is 8.50. The third kappa shape index (κ3) is 28.0. The van der Waals surface area contributed by atoms with Gasteiger partial charge in [0.25, 0.3) is 0 Å². The van der Waals surface area contributed by atoms with Crippen LogP contribution in [0.1, 0.15) is 181 Å². The van der Waals surface area contributed by atoms with E-state index in [1.54, 1.807) is 0 Å². The number of rotatable bonds is 29. The van der Waals surface area contributed by atoms with Crippen LogP contribution in [0.25, 0.3) is 0 Å². The van der Waals surface area contributed by atoms with E-state index < -0.39 is 0 Å². The fourth-order valence-electron chi connectivity index (χ4n) is 4.60. The van der Waals surface area contributed by atoms with E-state index in [4.69, 9.17) is 9.47 Å². The molecule has 0 unspecified atom stereocenters. The Morgan fingerprint density at radius 3 is 0.818 bits per heavy atom. The van der Waals surface area contributed by atoms with Crippen LogP contribution in [-0.4, -0.2) is 19.5 Å². The topological polar surface area (TPSA) is 18.5 Å². The molecule has 0 rings (SSSR count). The molecule has 0 bridgehead atoms. The Hall–Kier alpha value is -0.0800. The summed E-state index contributed by atoms with van der Waals surface area (Å²) in [4.78, 5) is 0. The number of hydrogen-bond donors (Lipinski definition) is 0. The summed E-state index contributed by atoms with van der Waals surface area (Å²) in [6, 6.07) is 0. The lowest BCUT2D eigenvalue weighted by molar-refractivity contribution is -0.144. The lowest BCUT2D eigenvalue weighted by atomic mass is 10.1. The van der Waals surface area contributed by atoms with E-state index in [0.717, 1.165) is 19.6 Å². The molecule has 0 aliphatic heterocycles. The van der Waals surface area contributed by atoms with Gasteiger partial charge in [0.1, 0.15) is 0 Å². The van der Waals surface area contributed by atoms with E-state index in [9.17, 15) is 0 Å². The molecule has 0 spiro atoms. The minimum Gasteiger partial charge on any atom is -0.353 e. The molecule has 0 aromatic heterocycles. The molecule has 200 valence electrons. The maximum absolute atomic E-state index is 5.97. The standard InChI is InChI=1S/C31H64O2/c1-4-7-9-11-13-15-17-19-21-23-25-27-29-32-31(6-3)33-30-28-26-24-22-20-18-16-14-12-10-8-5-2/h31H,4-30H2,1-3H3. The van der Waals surface area contributed by atoms with Crippen LogP contribution in [-0.2, 0) is 9.47 Å². The second-order valence-electron chi connectivity index (χ2n) is 10.4. The number of unbranched alkanes of at least 4 members (excludes halogenated alkanes) is 22. The van der Waals surface area contributed by atoms with Crippen molar-refractivity contribution < 1.29 is 9.47 Å². The highest BCUT2D eigenvalue weighted by Crippen LogP contribution is 2.14. The summed E-state index contributed by atoms with van der Waals surface area (Å²) in [6.07, 6.45) is 34.4. The van der Waals surface area contributed by atoms with E-state index in [-0.39, 0.29) is 6.29 Å². The zero-order chi connectivity index (χ0) is 24.1. The average molecular weight is 469 g/mol. The first-order chi connectivity index (χ1) is 16.3. The van der Waals surface area contributed by atoms with Crippen molar-refractivity contribution in [2.75, 3.05) is 13.2 Å². The fraction of sp³-hybridized carbons (Fsp3) is 1.00. The van der Waals surface area contributed by atoms with Gasteiger partial charge in [0.05, 0.1) is 0 Å². The van der Waals surface area contributed by atoms with Crippen LogP contribution in [0.5, 0.6) is 0 Å². The first kappa shape index (κ1) is 32.9. The fourth-order valence-corrected chi connectivity index (χ4v) is 4.60. The van der Waals surface area contributed by atoms with Gasteiger partial charge in [-0.15, -0.1) is 0 Å². The number of ether oxygens (including phenoxy) is 2. The quantitative estimate of drug-likeness (QED) is 0.0802. The summed E-state index contributed by atoms with van der Waals surface area (Å²) in [5.74, 6) is 0. The van der Waals surface area contributed by atoms with E-state index >= 15 is 0 Å². The van der Waals surface area contributed by atoms with Crippen LogP contribution in [0.15, 0.2) is 0 Å². The Balaban J connectivity index is 3.26. The Labute approximate surface area is 210 Å². The van der Waals surface area contributed by atoms with Gasteiger partial charge in [0.15, 0.2) is 6.29 Å². The zero-order valence-electron chi connectivity index (χ0n) is 23.5. The highest BCUT2D eigenvalue weighted by Gasteiger charge is 2.06. The summed E-state index contributed by atoms with van der Waals surface area (Å²) in [7, 11) is 0. The van der Waals surface area contributed by atoms with Gasteiger partial charge in [-0.3, -0.25) is 0 Å². The summed E-state index contributed by atoms with van der Waals surface area (Å²) >= 11 is 0. The lowest BCUT2D eigenvalue weighted by Crippen LogP contribution is -2.17. The monoisotopic (exact) mass is 468 g/mol. The Bertz CT molecular complexity index is 301. The molecule has 2 nitrogen and oxygen atoms in total. The Kier molecular flexibility index (Phi) is 29.9. The molecule has 2 heteroatoms. The van der Waals surface area contributed by atoms with Crippen LogP contribution < -0.4 is 0 Å². The minimum atomic E-state index is 0.0189. The van der Waals surface area contributed by atoms with Crippen molar-refractivity contribution in [2.45, 2.75) is 188 Å². The molecule has 0 heterocycles. The average Bonchev–Trinajstić information content (AvgIpc) is 2.83. The molecule has 0 amide bonds. The summed E-state index contributed by atoms with van der Waals surface area (Å²) < 4.78 is 11.9. The molecule has 0 radical (unpaired) electrons. The molecule has 0 atom stereocenters. The van der Waals surface area contributed by atoms with Crippen molar-refractivity contribution in [3.05, 3.63) is 0 Å². The van der Waals surface area contributed by atoms with Crippen molar-refractivity contribution in [2.24, 2.45) is 0 Å². The molecular formula is C31H64O2. The zero-order valence-corrected chi connectivity index (χ0v) is 23.5. The SMILES string of the molecule is CCCCCCCCCCCCCCOC(CC)OCCCCCCCCCCCCCC. The van der Waals surface area contributed by atoms with Gasteiger partial charge in [-0.2, -0.15) is 0 Å². The maximum atomic E-state index is 5.97. The molecule has 0 aliphatic carbocycles. The molecule has 33 heavy (non-hydrogen) atoms. The Morgan fingerprint density at radius 2 is 0.576 bits per heavy atom. The number of hydrogen-bond acceptors (Lipinski definition) is 2. The van der Waals surface area contributed by atoms with Gasteiger partial charge in [-0.05, 0) is 19.3 Å². The van der Waals surface area contributed by atoms with Gasteiger partial charge in [-0.25, -0.2) is 0 Å². The van der Waals surface area contributed by atoms with Gasteiger partial charge in [0, 0.05) is 13.2 Å². The molecule has 0 aliphatic rings. The minimum absolute atomic E-state index is 0.0189. The van der Waals surface area contributed by atoms with Gasteiger partial charge in [0.2, 0.25) is 0 Å². The predicted molar refractivity (Wildman–Crippen MR) is 148 cm³/mol. The molecular weight excluding hydrogens is 404 g/mol. The van der Waals surface area contributed by atoms with E-state index in [1.807, 2.05) is 0 Å². The maximum Gasteiger partial charge on any atom is 0.157 e. The third-order valence-corrected chi connectivity index (χ3v) is 6.94. The first-order valence-electron chi connectivity index (χ1n) is 15.6.